The molecule has 0 aliphatic rings. The Balaban J connectivity index is 1.78. The van der Waals surface area contributed by atoms with Crippen LogP contribution in [0.5, 0.6) is 5.75 Å². The second-order valence-corrected chi connectivity index (χ2v) is 5.46. The molecule has 2 aromatic carbocycles. The Morgan fingerprint density at radius 1 is 0.808 bits per heavy atom. The second-order valence-electron chi connectivity index (χ2n) is 5.46. The maximum absolute atomic E-state index is 12.0. The number of carbonyl (C=O) groups is 3. The van der Waals surface area contributed by atoms with E-state index in [4.69, 9.17) is 9.47 Å². The van der Waals surface area contributed by atoms with Crippen molar-refractivity contribution < 1.29 is 23.9 Å². The number of ether oxygens (including phenoxy) is 2. The fraction of sp³-hybridized carbons (Fsp3) is 0.211. The molecule has 0 heterocycles. The number of hydrogen-bond acceptors (Lipinski definition) is 5. The van der Waals surface area contributed by atoms with Gasteiger partial charge in [0.2, 0.25) is 0 Å². The van der Waals surface area contributed by atoms with Crippen LogP contribution in [0.2, 0.25) is 0 Å². The Morgan fingerprint density at radius 3 is 2.00 bits per heavy atom. The van der Waals surface area contributed by atoms with Crippen molar-refractivity contribution in [3.8, 4) is 5.75 Å². The van der Waals surface area contributed by atoms with Gasteiger partial charge in [0, 0.05) is 5.56 Å². The van der Waals surface area contributed by atoms with E-state index in [-0.39, 0.29) is 0 Å². The van der Waals surface area contributed by atoms with E-state index in [2.05, 4.69) is 10.9 Å². The summed E-state index contributed by atoms with van der Waals surface area (Å²) in [6, 6.07) is 17.2. The summed E-state index contributed by atoms with van der Waals surface area (Å²) in [5.74, 6) is -1.30. The first-order valence-electron chi connectivity index (χ1n) is 8.05. The van der Waals surface area contributed by atoms with Crippen LogP contribution in [0.4, 0.5) is 0 Å². The SMILES string of the molecule is C[C@H](OC(=O)[C@H](C)Oc1ccccc1)C(=O)NNC(=O)c1ccccc1. The molecule has 0 radical (unpaired) electrons. The van der Waals surface area contributed by atoms with Crippen LogP contribution in [-0.2, 0) is 14.3 Å². The first kappa shape index (κ1) is 19.0. The highest BCUT2D eigenvalue weighted by Gasteiger charge is 2.23. The molecule has 0 aromatic heterocycles. The minimum atomic E-state index is -1.10. The van der Waals surface area contributed by atoms with Crippen molar-refractivity contribution in [1.29, 1.82) is 0 Å². The predicted octanol–water partition coefficient (Wildman–Crippen LogP) is 1.85. The second kappa shape index (κ2) is 9.22. The quantitative estimate of drug-likeness (QED) is 0.608. The molecule has 0 aliphatic heterocycles. The third-order valence-corrected chi connectivity index (χ3v) is 3.39. The van der Waals surface area contributed by atoms with Crippen molar-refractivity contribution in [2.75, 3.05) is 0 Å². The van der Waals surface area contributed by atoms with Crippen LogP contribution >= 0.6 is 0 Å². The van der Waals surface area contributed by atoms with E-state index in [0.29, 0.717) is 11.3 Å². The van der Waals surface area contributed by atoms with E-state index in [1.54, 1.807) is 54.6 Å². The van der Waals surface area contributed by atoms with Crippen molar-refractivity contribution in [2.45, 2.75) is 26.1 Å². The summed E-state index contributed by atoms with van der Waals surface area (Å²) in [6.45, 7) is 2.92. The first-order chi connectivity index (χ1) is 12.5. The molecule has 0 saturated heterocycles. The Hall–Kier alpha value is -3.35. The van der Waals surface area contributed by atoms with E-state index in [1.807, 2.05) is 6.07 Å². The van der Waals surface area contributed by atoms with Gasteiger partial charge in [0.25, 0.3) is 11.8 Å². The largest absolute Gasteiger partial charge is 0.479 e. The fourth-order valence-corrected chi connectivity index (χ4v) is 1.96. The van der Waals surface area contributed by atoms with Gasteiger partial charge in [-0.25, -0.2) is 4.79 Å². The average molecular weight is 356 g/mol. The Kier molecular flexibility index (Phi) is 6.73. The molecule has 0 fully saturated rings. The van der Waals surface area contributed by atoms with Crippen LogP contribution in [0.3, 0.4) is 0 Å². The third kappa shape index (κ3) is 5.62. The summed E-state index contributed by atoms with van der Waals surface area (Å²) in [5.41, 5.74) is 4.87. The monoisotopic (exact) mass is 356 g/mol. The molecule has 2 atom stereocenters. The van der Waals surface area contributed by atoms with Gasteiger partial charge in [-0.15, -0.1) is 0 Å². The van der Waals surface area contributed by atoms with E-state index < -0.39 is 30.0 Å². The Morgan fingerprint density at radius 2 is 1.38 bits per heavy atom. The van der Waals surface area contributed by atoms with E-state index in [0.717, 1.165) is 0 Å². The lowest BCUT2D eigenvalue weighted by molar-refractivity contribution is -0.161. The van der Waals surface area contributed by atoms with Crippen molar-refractivity contribution in [3.05, 3.63) is 66.2 Å². The fourth-order valence-electron chi connectivity index (χ4n) is 1.96. The molecule has 0 unspecified atom stereocenters. The van der Waals surface area contributed by atoms with Crippen LogP contribution in [0.25, 0.3) is 0 Å². The number of hydrazine groups is 1. The van der Waals surface area contributed by atoms with Crippen LogP contribution < -0.4 is 15.6 Å². The molecule has 7 nitrogen and oxygen atoms in total. The number of carbonyl (C=O) groups excluding carboxylic acids is 3. The Labute approximate surface area is 151 Å². The van der Waals surface area contributed by atoms with Gasteiger partial charge in [-0.2, -0.15) is 0 Å². The number of hydrogen-bond donors (Lipinski definition) is 2. The number of amides is 2. The highest BCUT2D eigenvalue weighted by atomic mass is 16.6. The molecule has 0 aliphatic carbocycles. The van der Waals surface area contributed by atoms with Crippen LogP contribution in [-0.4, -0.2) is 30.0 Å². The molecular formula is C19H20N2O5. The molecule has 0 spiro atoms. The molecule has 0 bridgehead atoms. The van der Waals surface area contributed by atoms with E-state index in [1.165, 1.54) is 13.8 Å². The summed E-state index contributed by atoms with van der Waals surface area (Å²) in [7, 11) is 0. The van der Waals surface area contributed by atoms with Gasteiger partial charge in [0.15, 0.2) is 12.2 Å². The lowest BCUT2D eigenvalue weighted by Crippen LogP contribution is -2.47. The van der Waals surface area contributed by atoms with Gasteiger partial charge >= 0.3 is 5.97 Å². The lowest BCUT2D eigenvalue weighted by atomic mass is 10.2. The normalized spacial score (nSPS) is 12.4. The minimum Gasteiger partial charge on any atom is -0.479 e. The van der Waals surface area contributed by atoms with Gasteiger partial charge in [0.05, 0.1) is 0 Å². The smallest absolute Gasteiger partial charge is 0.347 e. The summed E-state index contributed by atoms with van der Waals surface area (Å²) in [5, 5.41) is 0. The van der Waals surface area contributed by atoms with Gasteiger partial charge in [-0.1, -0.05) is 36.4 Å². The van der Waals surface area contributed by atoms with Crippen LogP contribution in [0, 0.1) is 0 Å². The molecular weight excluding hydrogens is 336 g/mol. The molecule has 2 N–H and O–H groups in total. The van der Waals surface area contributed by atoms with Gasteiger partial charge in [-0.05, 0) is 38.1 Å². The average Bonchev–Trinajstić information content (AvgIpc) is 2.67. The summed E-state index contributed by atoms with van der Waals surface area (Å²) < 4.78 is 10.5. The number of rotatable bonds is 6. The van der Waals surface area contributed by atoms with Gasteiger partial charge in [0.1, 0.15) is 5.75 Å². The zero-order valence-corrected chi connectivity index (χ0v) is 14.5. The third-order valence-electron chi connectivity index (χ3n) is 3.39. The topological polar surface area (TPSA) is 93.7 Å². The molecule has 2 amide bonds. The minimum absolute atomic E-state index is 0.391. The maximum Gasteiger partial charge on any atom is 0.347 e. The Bertz CT molecular complexity index is 749. The molecule has 26 heavy (non-hydrogen) atoms. The van der Waals surface area contributed by atoms with E-state index in [9.17, 15) is 14.4 Å². The van der Waals surface area contributed by atoms with Crippen molar-refractivity contribution in [3.63, 3.8) is 0 Å². The van der Waals surface area contributed by atoms with Crippen LogP contribution in [0.15, 0.2) is 60.7 Å². The number of para-hydroxylation sites is 1. The highest BCUT2D eigenvalue weighted by molar-refractivity contribution is 5.95. The number of nitrogens with one attached hydrogen (secondary N) is 2. The standard InChI is InChI=1S/C19H20N2O5/c1-13(17(22)20-21-18(23)15-9-5-3-6-10-15)26-19(24)14(2)25-16-11-7-4-8-12-16/h3-14H,1-2H3,(H,20,22)(H,21,23)/t13-,14-/m0/s1. The molecule has 7 heteroatoms. The summed E-state index contributed by atoms with van der Waals surface area (Å²) in [4.78, 5) is 35.8. The van der Waals surface area contributed by atoms with Crippen molar-refractivity contribution >= 4 is 17.8 Å². The first-order valence-corrected chi connectivity index (χ1v) is 8.05. The molecule has 136 valence electrons. The zero-order chi connectivity index (χ0) is 18.9. The summed E-state index contributed by atoms with van der Waals surface area (Å²) in [6.07, 6.45) is -1.98. The van der Waals surface area contributed by atoms with E-state index >= 15 is 0 Å². The summed E-state index contributed by atoms with van der Waals surface area (Å²) >= 11 is 0. The highest BCUT2D eigenvalue weighted by Crippen LogP contribution is 2.11. The molecule has 0 saturated carbocycles. The lowest BCUT2D eigenvalue weighted by Gasteiger charge is -2.18. The molecule has 2 aromatic rings. The van der Waals surface area contributed by atoms with Crippen molar-refractivity contribution in [2.24, 2.45) is 0 Å². The predicted molar refractivity (Wildman–Crippen MR) is 94.1 cm³/mol. The number of esters is 1. The number of benzene rings is 2. The van der Waals surface area contributed by atoms with Crippen LogP contribution in [0.1, 0.15) is 24.2 Å². The maximum atomic E-state index is 12.0. The van der Waals surface area contributed by atoms with Crippen molar-refractivity contribution in [1.82, 2.24) is 10.9 Å². The van der Waals surface area contributed by atoms with Gasteiger partial charge in [-0.3, -0.25) is 20.4 Å². The van der Waals surface area contributed by atoms with Gasteiger partial charge < -0.3 is 9.47 Å². The zero-order valence-electron chi connectivity index (χ0n) is 14.5. The molecule has 2 rings (SSSR count).